The second-order valence-electron chi connectivity index (χ2n) is 7.45. The lowest BCUT2D eigenvalue weighted by Gasteiger charge is -2.38. The monoisotopic (exact) mass is 357 g/mol. The lowest BCUT2D eigenvalue weighted by molar-refractivity contribution is 0.382. The van der Waals surface area contributed by atoms with Gasteiger partial charge in [0.1, 0.15) is 0 Å². The number of rotatable bonds is 5. The molecule has 1 aromatic carbocycles. The molecule has 2 heterocycles. The second-order valence-corrected chi connectivity index (χ2v) is 8.67. The van der Waals surface area contributed by atoms with E-state index in [4.69, 9.17) is 0 Å². The van der Waals surface area contributed by atoms with Crippen LogP contribution >= 0.6 is 11.3 Å². The van der Waals surface area contributed by atoms with Crippen LogP contribution in [0.2, 0.25) is 0 Å². The Labute approximate surface area is 153 Å². The fourth-order valence-corrected chi connectivity index (χ4v) is 5.62. The Kier molecular flexibility index (Phi) is 4.74. The largest absolute Gasteiger partial charge is 0.504 e. The topological polar surface area (TPSA) is 52.5 Å². The number of fused-ring (bicyclic) bond motifs is 5. The number of phenols is 2. The number of nitrogens with one attached hydrogen (secondary N) is 1. The number of hydrogen-bond acceptors (Lipinski definition) is 4. The Hall–Kier alpha value is -1.52. The van der Waals surface area contributed by atoms with Gasteiger partial charge in [0.05, 0.1) is 0 Å². The van der Waals surface area contributed by atoms with E-state index < -0.39 is 0 Å². The van der Waals surface area contributed by atoms with Gasteiger partial charge in [-0.25, -0.2) is 0 Å². The minimum atomic E-state index is 0.00143. The molecule has 0 saturated heterocycles. The van der Waals surface area contributed by atoms with Gasteiger partial charge in [-0.05, 0) is 60.6 Å². The summed E-state index contributed by atoms with van der Waals surface area (Å²) in [7, 11) is 0. The standard InChI is InChI=1S/C21H27NO2S/c1-2-3-4-5-6-14-10-16-20(25-14)12-22-17-8-7-13-9-18(23)19(24)11-15(13)21(16)17/h9-11,17,21-24H,2-8,12H2,1H3/t17-,21-/m1/s1. The lowest BCUT2D eigenvalue weighted by atomic mass is 9.74. The maximum Gasteiger partial charge on any atom is 0.157 e. The molecule has 1 aromatic heterocycles. The van der Waals surface area contributed by atoms with E-state index in [9.17, 15) is 10.2 Å². The number of benzene rings is 1. The molecule has 0 amide bonds. The van der Waals surface area contributed by atoms with Gasteiger partial charge in [-0.2, -0.15) is 0 Å². The molecular weight excluding hydrogens is 330 g/mol. The van der Waals surface area contributed by atoms with Gasteiger partial charge >= 0.3 is 0 Å². The molecule has 3 N–H and O–H groups in total. The van der Waals surface area contributed by atoms with Gasteiger partial charge in [0, 0.05) is 28.3 Å². The second kappa shape index (κ2) is 7.00. The first-order valence-electron chi connectivity index (χ1n) is 9.57. The van der Waals surface area contributed by atoms with Gasteiger partial charge in [0.2, 0.25) is 0 Å². The van der Waals surface area contributed by atoms with Crippen molar-refractivity contribution < 1.29 is 10.2 Å². The summed E-state index contributed by atoms with van der Waals surface area (Å²) in [6, 6.07) is 6.40. The molecule has 0 unspecified atom stereocenters. The predicted molar refractivity (Wildman–Crippen MR) is 103 cm³/mol. The van der Waals surface area contributed by atoms with Gasteiger partial charge in [-0.1, -0.05) is 26.2 Å². The van der Waals surface area contributed by atoms with Crippen molar-refractivity contribution in [3.05, 3.63) is 44.6 Å². The van der Waals surface area contributed by atoms with E-state index in [1.165, 1.54) is 58.5 Å². The molecule has 1 aliphatic carbocycles. The minimum Gasteiger partial charge on any atom is -0.504 e. The third-order valence-electron chi connectivity index (χ3n) is 5.73. The molecule has 0 saturated carbocycles. The number of aromatic hydroxyl groups is 2. The molecule has 3 nitrogen and oxygen atoms in total. The van der Waals surface area contributed by atoms with Crippen molar-refractivity contribution in [2.45, 2.75) is 70.4 Å². The van der Waals surface area contributed by atoms with Crippen LogP contribution in [0.1, 0.15) is 71.4 Å². The lowest BCUT2D eigenvalue weighted by Crippen LogP contribution is -2.41. The molecule has 0 fully saturated rings. The van der Waals surface area contributed by atoms with Crippen molar-refractivity contribution in [2.75, 3.05) is 0 Å². The molecule has 0 radical (unpaired) electrons. The van der Waals surface area contributed by atoms with E-state index >= 15 is 0 Å². The fraction of sp³-hybridized carbons (Fsp3) is 0.524. The van der Waals surface area contributed by atoms with Crippen molar-refractivity contribution in [1.82, 2.24) is 5.32 Å². The number of phenolic OH excluding ortho intramolecular Hbond substituents is 2. The number of thiophene rings is 1. The molecule has 2 aliphatic rings. The SMILES string of the molecule is CCCCCCc1cc2c(s1)CN[C@@H]1CCc3cc(O)c(O)cc3[C@H]21. The van der Waals surface area contributed by atoms with Crippen LogP contribution in [-0.2, 0) is 19.4 Å². The molecule has 0 spiro atoms. The van der Waals surface area contributed by atoms with Crippen LogP contribution in [0.4, 0.5) is 0 Å². The highest BCUT2D eigenvalue weighted by atomic mass is 32.1. The first-order valence-corrected chi connectivity index (χ1v) is 10.4. The molecule has 4 heteroatoms. The smallest absolute Gasteiger partial charge is 0.157 e. The zero-order chi connectivity index (χ0) is 17.4. The molecule has 2 aromatic rings. The molecule has 134 valence electrons. The van der Waals surface area contributed by atoms with Crippen molar-refractivity contribution >= 4 is 11.3 Å². The average Bonchev–Trinajstić information content (AvgIpc) is 3.02. The first-order chi connectivity index (χ1) is 12.2. The molecule has 2 atom stereocenters. The zero-order valence-corrected chi connectivity index (χ0v) is 15.7. The van der Waals surface area contributed by atoms with Crippen molar-refractivity contribution in [2.24, 2.45) is 0 Å². The van der Waals surface area contributed by atoms with Crippen LogP contribution in [0.15, 0.2) is 18.2 Å². The summed E-state index contributed by atoms with van der Waals surface area (Å²) in [4.78, 5) is 2.95. The van der Waals surface area contributed by atoms with Crippen molar-refractivity contribution in [1.29, 1.82) is 0 Å². The van der Waals surface area contributed by atoms with Gasteiger partial charge in [0.25, 0.3) is 0 Å². The molecule has 4 rings (SSSR count). The summed E-state index contributed by atoms with van der Waals surface area (Å²) in [6.45, 7) is 3.22. The maximum atomic E-state index is 10.0. The number of hydrogen-bond donors (Lipinski definition) is 3. The third kappa shape index (κ3) is 3.18. The van der Waals surface area contributed by atoms with Gasteiger partial charge in [-0.3, -0.25) is 0 Å². The van der Waals surface area contributed by atoms with E-state index in [0.717, 1.165) is 19.4 Å². The van der Waals surface area contributed by atoms with E-state index in [0.29, 0.717) is 12.0 Å². The predicted octanol–water partition coefficient (Wildman–Crippen LogP) is 4.83. The Morgan fingerprint density at radius 2 is 1.92 bits per heavy atom. The molecule has 1 aliphatic heterocycles. The summed E-state index contributed by atoms with van der Waals surface area (Å²) in [5.41, 5.74) is 3.82. The summed E-state index contributed by atoms with van der Waals surface area (Å²) in [5, 5.41) is 23.6. The number of aryl methyl sites for hydroxylation is 2. The van der Waals surface area contributed by atoms with Gasteiger partial charge < -0.3 is 15.5 Å². The van der Waals surface area contributed by atoms with Crippen molar-refractivity contribution in [3.63, 3.8) is 0 Å². The molecular formula is C21H27NO2S. The van der Waals surface area contributed by atoms with Crippen LogP contribution in [0, 0.1) is 0 Å². The van der Waals surface area contributed by atoms with Crippen LogP contribution in [0.3, 0.4) is 0 Å². The molecule has 0 bridgehead atoms. The first kappa shape index (κ1) is 16.9. The Bertz CT molecular complexity index is 767. The summed E-state index contributed by atoms with van der Waals surface area (Å²) >= 11 is 1.96. The fourth-order valence-electron chi connectivity index (χ4n) is 4.42. The highest BCUT2D eigenvalue weighted by Gasteiger charge is 2.36. The van der Waals surface area contributed by atoms with E-state index in [2.05, 4.69) is 18.3 Å². The van der Waals surface area contributed by atoms with E-state index in [1.807, 2.05) is 11.3 Å². The Morgan fingerprint density at radius 3 is 2.76 bits per heavy atom. The Balaban J connectivity index is 1.64. The van der Waals surface area contributed by atoms with Gasteiger partial charge in [0.15, 0.2) is 11.5 Å². The van der Waals surface area contributed by atoms with Crippen LogP contribution < -0.4 is 5.32 Å². The number of unbranched alkanes of at least 4 members (excludes halogenated alkanes) is 3. The summed E-state index contributed by atoms with van der Waals surface area (Å²) in [5.74, 6) is 0.310. The van der Waals surface area contributed by atoms with Gasteiger partial charge in [-0.15, -0.1) is 11.3 Å². The summed E-state index contributed by atoms with van der Waals surface area (Å²) in [6.07, 6.45) is 8.43. The zero-order valence-electron chi connectivity index (χ0n) is 14.8. The molecule has 25 heavy (non-hydrogen) atoms. The van der Waals surface area contributed by atoms with Crippen LogP contribution in [-0.4, -0.2) is 16.3 Å². The Morgan fingerprint density at radius 1 is 1.08 bits per heavy atom. The summed E-state index contributed by atoms with van der Waals surface area (Å²) < 4.78 is 0. The van der Waals surface area contributed by atoms with Crippen LogP contribution in [0.25, 0.3) is 0 Å². The quantitative estimate of drug-likeness (QED) is 0.530. The van der Waals surface area contributed by atoms with Crippen LogP contribution in [0.5, 0.6) is 11.5 Å². The third-order valence-corrected chi connectivity index (χ3v) is 6.94. The maximum absolute atomic E-state index is 10.0. The van der Waals surface area contributed by atoms with E-state index in [1.54, 1.807) is 12.1 Å². The highest BCUT2D eigenvalue weighted by molar-refractivity contribution is 7.12. The highest BCUT2D eigenvalue weighted by Crippen LogP contribution is 2.46. The average molecular weight is 358 g/mol. The normalized spacial score (nSPS) is 21.5. The van der Waals surface area contributed by atoms with E-state index in [-0.39, 0.29) is 11.5 Å². The minimum absolute atomic E-state index is 0.00143. The van der Waals surface area contributed by atoms with Crippen molar-refractivity contribution in [3.8, 4) is 11.5 Å².